The van der Waals surface area contributed by atoms with Crippen molar-refractivity contribution in [1.29, 1.82) is 0 Å². The fourth-order valence-corrected chi connectivity index (χ4v) is 3.11. The molecule has 0 aliphatic carbocycles. The molecule has 4 rings (SSSR count). The van der Waals surface area contributed by atoms with Crippen LogP contribution < -0.4 is 4.74 Å². The number of ether oxygens (including phenoxy) is 1. The van der Waals surface area contributed by atoms with E-state index in [9.17, 15) is 10.1 Å². The van der Waals surface area contributed by atoms with Gasteiger partial charge >= 0.3 is 0 Å². The smallest absolute Gasteiger partial charge is 0.277 e. The third kappa shape index (κ3) is 4.81. The molecule has 0 aliphatic heterocycles. The predicted octanol–water partition coefficient (Wildman–Crippen LogP) is 4.21. The van der Waals surface area contributed by atoms with E-state index in [-0.39, 0.29) is 12.3 Å². The summed E-state index contributed by atoms with van der Waals surface area (Å²) >= 11 is 1.25. The number of non-ortho nitro benzene ring substituents is 1. The Labute approximate surface area is 174 Å². The van der Waals surface area contributed by atoms with Gasteiger partial charge in [0.15, 0.2) is 6.61 Å². The van der Waals surface area contributed by atoms with Gasteiger partial charge in [-0.3, -0.25) is 10.1 Å². The third-order valence-corrected chi connectivity index (χ3v) is 4.73. The summed E-state index contributed by atoms with van der Waals surface area (Å²) in [6, 6.07) is 13.6. The molecule has 10 nitrogen and oxygen atoms in total. The summed E-state index contributed by atoms with van der Waals surface area (Å²) in [5.41, 5.74) is 1.72. The number of rotatable bonds is 8. The molecule has 0 saturated carbocycles. The Balaban J connectivity index is 1.31. The van der Waals surface area contributed by atoms with Crippen LogP contribution in [0.5, 0.6) is 5.75 Å². The molecule has 11 heteroatoms. The molecule has 0 amide bonds. The van der Waals surface area contributed by atoms with Crippen molar-refractivity contribution in [1.82, 2.24) is 20.3 Å². The summed E-state index contributed by atoms with van der Waals surface area (Å²) in [6.07, 6.45) is 0. The van der Waals surface area contributed by atoms with Crippen molar-refractivity contribution in [2.45, 2.75) is 24.5 Å². The number of benzene rings is 2. The van der Waals surface area contributed by atoms with Crippen LogP contribution in [0.4, 0.5) is 5.69 Å². The standard InChI is InChI=1S/C19H15N5O5S/c1-12-3-2-4-15(9-12)27-10-16-21-22-19(28-16)30-11-17-20-18(23-29-17)13-5-7-14(8-6-13)24(25)26/h2-9H,10-11H2,1H3. The second-order valence-corrected chi connectivity index (χ2v) is 7.10. The highest BCUT2D eigenvalue weighted by atomic mass is 32.2. The first-order chi connectivity index (χ1) is 14.6. The van der Waals surface area contributed by atoms with E-state index in [4.69, 9.17) is 13.7 Å². The van der Waals surface area contributed by atoms with Gasteiger partial charge in [-0.1, -0.05) is 29.1 Å². The van der Waals surface area contributed by atoms with Crippen LogP contribution in [0.2, 0.25) is 0 Å². The number of nitro benzene ring substituents is 1. The topological polar surface area (TPSA) is 130 Å². The first-order valence-corrected chi connectivity index (χ1v) is 9.77. The monoisotopic (exact) mass is 425 g/mol. The lowest BCUT2D eigenvalue weighted by atomic mass is 10.2. The van der Waals surface area contributed by atoms with Crippen molar-refractivity contribution < 1.29 is 18.6 Å². The van der Waals surface area contributed by atoms with Gasteiger partial charge in [0.25, 0.3) is 16.8 Å². The average Bonchev–Trinajstić information content (AvgIpc) is 3.40. The van der Waals surface area contributed by atoms with Gasteiger partial charge in [0.05, 0.1) is 10.7 Å². The lowest BCUT2D eigenvalue weighted by molar-refractivity contribution is -0.384. The normalized spacial score (nSPS) is 10.8. The highest BCUT2D eigenvalue weighted by Crippen LogP contribution is 2.24. The maximum absolute atomic E-state index is 10.7. The molecule has 152 valence electrons. The summed E-state index contributed by atoms with van der Waals surface area (Å²) in [7, 11) is 0. The SMILES string of the molecule is Cc1cccc(OCc2nnc(SCc3nc(-c4ccc([N+](=O)[O-])cc4)no3)o2)c1. The Hall–Kier alpha value is -3.73. The van der Waals surface area contributed by atoms with Crippen LogP contribution in [-0.4, -0.2) is 25.3 Å². The van der Waals surface area contributed by atoms with Gasteiger partial charge in [0, 0.05) is 17.7 Å². The number of nitro groups is 1. The van der Waals surface area contributed by atoms with Crippen LogP contribution in [0.3, 0.4) is 0 Å². The van der Waals surface area contributed by atoms with Crippen LogP contribution in [0, 0.1) is 17.0 Å². The lowest BCUT2D eigenvalue weighted by Gasteiger charge is -2.03. The largest absolute Gasteiger partial charge is 0.484 e. The van der Waals surface area contributed by atoms with E-state index in [1.165, 1.54) is 23.9 Å². The highest BCUT2D eigenvalue weighted by molar-refractivity contribution is 7.98. The van der Waals surface area contributed by atoms with Gasteiger partial charge in [-0.05, 0) is 36.8 Å². The minimum Gasteiger partial charge on any atom is -0.484 e. The molecule has 0 fully saturated rings. The van der Waals surface area contributed by atoms with Crippen LogP contribution >= 0.6 is 11.8 Å². The van der Waals surface area contributed by atoms with Crippen molar-refractivity contribution in [3.05, 3.63) is 76.0 Å². The van der Waals surface area contributed by atoms with Gasteiger partial charge in [-0.2, -0.15) is 4.98 Å². The summed E-state index contributed by atoms with van der Waals surface area (Å²) in [5, 5.41) is 22.9. The fourth-order valence-electron chi connectivity index (χ4n) is 2.49. The molecule has 0 unspecified atom stereocenters. The molecule has 0 N–H and O–H groups in total. The molecule has 2 heterocycles. The molecule has 2 aromatic carbocycles. The minimum absolute atomic E-state index is 0.00315. The van der Waals surface area contributed by atoms with Gasteiger partial charge in [-0.25, -0.2) is 0 Å². The number of hydrogen-bond donors (Lipinski definition) is 0. The summed E-state index contributed by atoms with van der Waals surface area (Å²) < 4.78 is 16.4. The number of aromatic nitrogens is 4. The molecule has 4 aromatic rings. The Morgan fingerprint density at radius 1 is 1.13 bits per heavy atom. The first kappa shape index (κ1) is 19.6. The second kappa shape index (κ2) is 8.74. The second-order valence-electron chi connectivity index (χ2n) is 6.17. The molecule has 0 spiro atoms. The number of thioether (sulfide) groups is 1. The van der Waals surface area contributed by atoms with Crippen molar-refractivity contribution in [3.63, 3.8) is 0 Å². The highest BCUT2D eigenvalue weighted by Gasteiger charge is 2.13. The molecule has 0 bridgehead atoms. The zero-order chi connectivity index (χ0) is 20.9. The summed E-state index contributed by atoms with van der Waals surface area (Å²) in [5.74, 6) is 2.13. The molecular weight excluding hydrogens is 410 g/mol. The van der Waals surface area contributed by atoms with Gasteiger partial charge in [0.1, 0.15) is 5.75 Å². The third-order valence-electron chi connectivity index (χ3n) is 3.92. The predicted molar refractivity (Wildman–Crippen MR) is 106 cm³/mol. The number of aryl methyl sites for hydroxylation is 1. The van der Waals surface area contributed by atoms with E-state index in [1.807, 2.05) is 31.2 Å². The maximum Gasteiger partial charge on any atom is 0.277 e. The van der Waals surface area contributed by atoms with E-state index in [0.717, 1.165) is 11.3 Å². The van der Waals surface area contributed by atoms with Crippen molar-refractivity contribution in [2.75, 3.05) is 0 Å². The molecule has 2 aromatic heterocycles. The quantitative estimate of drug-likeness (QED) is 0.230. The fraction of sp³-hybridized carbons (Fsp3) is 0.158. The van der Waals surface area contributed by atoms with Crippen LogP contribution in [-0.2, 0) is 12.4 Å². The molecule has 30 heavy (non-hydrogen) atoms. The van der Waals surface area contributed by atoms with Crippen molar-refractivity contribution in [2.24, 2.45) is 0 Å². The number of hydrogen-bond acceptors (Lipinski definition) is 10. The summed E-state index contributed by atoms with van der Waals surface area (Å²) in [4.78, 5) is 14.5. The van der Waals surface area contributed by atoms with E-state index in [0.29, 0.717) is 34.1 Å². The van der Waals surface area contributed by atoms with E-state index in [1.54, 1.807) is 12.1 Å². The van der Waals surface area contributed by atoms with E-state index in [2.05, 4.69) is 20.3 Å². The van der Waals surface area contributed by atoms with Crippen LogP contribution in [0.1, 0.15) is 17.3 Å². The van der Waals surface area contributed by atoms with E-state index >= 15 is 0 Å². The van der Waals surface area contributed by atoms with Crippen LogP contribution in [0.15, 0.2) is 62.7 Å². The van der Waals surface area contributed by atoms with Crippen LogP contribution in [0.25, 0.3) is 11.4 Å². The lowest BCUT2D eigenvalue weighted by Crippen LogP contribution is -1.95. The molecular formula is C19H15N5O5S. The maximum atomic E-state index is 10.7. The molecule has 0 atom stereocenters. The minimum atomic E-state index is -0.466. The van der Waals surface area contributed by atoms with Gasteiger partial charge < -0.3 is 13.7 Å². The average molecular weight is 425 g/mol. The molecule has 0 radical (unpaired) electrons. The van der Waals surface area contributed by atoms with Gasteiger partial charge in [0.2, 0.25) is 11.7 Å². The zero-order valence-electron chi connectivity index (χ0n) is 15.7. The number of nitrogens with zero attached hydrogens (tertiary/aromatic N) is 5. The zero-order valence-corrected chi connectivity index (χ0v) is 16.5. The van der Waals surface area contributed by atoms with Crippen molar-refractivity contribution >= 4 is 17.4 Å². The van der Waals surface area contributed by atoms with E-state index < -0.39 is 4.92 Å². The molecule has 0 aliphatic rings. The first-order valence-electron chi connectivity index (χ1n) is 8.79. The Morgan fingerprint density at radius 3 is 2.73 bits per heavy atom. The van der Waals surface area contributed by atoms with Gasteiger partial charge in [-0.15, -0.1) is 10.2 Å². The Bertz CT molecular complexity index is 1160. The molecule has 0 saturated heterocycles. The summed E-state index contributed by atoms with van der Waals surface area (Å²) in [6.45, 7) is 2.15. The Morgan fingerprint density at radius 2 is 1.97 bits per heavy atom. The Kier molecular flexibility index (Phi) is 5.70. The van der Waals surface area contributed by atoms with Crippen molar-refractivity contribution in [3.8, 4) is 17.1 Å².